The molecule has 0 atom stereocenters. The van der Waals surface area contributed by atoms with Gasteiger partial charge in [-0.05, 0) is 36.8 Å². The Balaban J connectivity index is 1.58. The molecule has 5 aromatic rings. The van der Waals surface area contributed by atoms with Crippen LogP contribution in [0.3, 0.4) is 0 Å². The molecule has 0 aliphatic heterocycles. The molecule has 0 spiro atoms. The fourth-order valence-corrected chi connectivity index (χ4v) is 5.09. The molecule has 0 saturated heterocycles. The standard InChI is InChI=1S/C19H13N3O3S2/c1-10-14(23)7-6-12-11(8-16(24)25-17(10)12)9-26-18-20-21-19-22(18)13-4-2-3-5-15(13)27-19/h2-8,23H,9H2,1H3. The van der Waals surface area contributed by atoms with E-state index in [9.17, 15) is 9.90 Å². The molecule has 8 heteroatoms. The average molecular weight is 395 g/mol. The molecule has 0 radical (unpaired) electrons. The van der Waals surface area contributed by atoms with Crippen LogP contribution < -0.4 is 5.63 Å². The van der Waals surface area contributed by atoms with Gasteiger partial charge in [0.25, 0.3) is 0 Å². The number of thiazole rings is 1. The monoisotopic (exact) mass is 395 g/mol. The Morgan fingerprint density at radius 3 is 2.96 bits per heavy atom. The summed E-state index contributed by atoms with van der Waals surface area (Å²) in [5, 5.41) is 20.0. The summed E-state index contributed by atoms with van der Waals surface area (Å²) in [6.07, 6.45) is 0. The van der Waals surface area contributed by atoms with Gasteiger partial charge in [-0.2, -0.15) is 0 Å². The number of nitrogens with zero attached hydrogens (tertiary/aromatic N) is 3. The Morgan fingerprint density at radius 2 is 2.07 bits per heavy atom. The minimum absolute atomic E-state index is 0.111. The van der Waals surface area contributed by atoms with Gasteiger partial charge in [0, 0.05) is 22.8 Å². The quantitative estimate of drug-likeness (QED) is 0.361. The normalized spacial score (nSPS) is 11.7. The van der Waals surface area contributed by atoms with Crippen molar-refractivity contribution in [2.45, 2.75) is 17.8 Å². The summed E-state index contributed by atoms with van der Waals surface area (Å²) >= 11 is 3.11. The van der Waals surface area contributed by atoms with E-state index in [0.717, 1.165) is 31.3 Å². The molecule has 0 bridgehead atoms. The maximum absolute atomic E-state index is 12.0. The average Bonchev–Trinajstić information content (AvgIpc) is 3.22. The Kier molecular flexibility index (Phi) is 3.70. The number of hydrogen-bond acceptors (Lipinski definition) is 7. The van der Waals surface area contributed by atoms with Crippen LogP contribution in [-0.4, -0.2) is 19.7 Å². The van der Waals surface area contributed by atoms with Crippen molar-refractivity contribution in [3.05, 3.63) is 64.0 Å². The van der Waals surface area contributed by atoms with Gasteiger partial charge >= 0.3 is 5.63 Å². The van der Waals surface area contributed by atoms with Crippen molar-refractivity contribution >= 4 is 49.2 Å². The molecule has 0 unspecified atom stereocenters. The molecule has 0 amide bonds. The summed E-state index contributed by atoms with van der Waals surface area (Å²) < 4.78 is 8.50. The molecule has 0 aliphatic carbocycles. The van der Waals surface area contributed by atoms with Crippen LogP contribution in [0.1, 0.15) is 11.1 Å². The zero-order valence-corrected chi connectivity index (χ0v) is 15.8. The molecule has 134 valence electrons. The minimum Gasteiger partial charge on any atom is -0.508 e. The zero-order valence-electron chi connectivity index (χ0n) is 14.2. The van der Waals surface area contributed by atoms with Crippen LogP contribution in [0.25, 0.3) is 26.1 Å². The molecule has 0 aliphatic rings. The molecule has 6 nitrogen and oxygen atoms in total. The lowest BCUT2D eigenvalue weighted by atomic mass is 10.1. The number of thioether (sulfide) groups is 1. The number of fused-ring (bicyclic) bond motifs is 4. The van der Waals surface area contributed by atoms with Crippen LogP contribution in [-0.2, 0) is 5.75 Å². The molecule has 1 N–H and O–H groups in total. The van der Waals surface area contributed by atoms with Gasteiger partial charge in [-0.1, -0.05) is 35.2 Å². The van der Waals surface area contributed by atoms with Gasteiger partial charge in [-0.15, -0.1) is 10.2 Å². The molecular formula is C19H13N3O3S2. The van der Waals surface area contributed by atoms with Crippen molar-refractivity contribution in [1.29, 1.82) is 0 Å². The van der Waals surface area contributed by atoms with E-state index < -0.39 is 5.63 Å². The highest BCUT2D eigenvalue weighted by molar-refractivity contribution is 7.98. The van der Waals surface area contributed by atoms with E-state index in [2.05, 4.69) is 16.3 Å². The number of para-hydroxylation sites is 1. The van der Waals surface area contributed by atoms with Crippen LogP contribution in [0.5, 0.6) is 5.75 Å². The topological polar surface area (TPSA) is 80.6 Å². The van der Waals surface area contributed by atoms with E-state index in [1.165, 1.54) is 17.8 Å². The number of benzene rings is 2. The first kappa shape index (κ1) is 16.3. The van der Waals surface area contributed by atoms with Crippen LogP contribution >= 0.6 is 23.1 Å². The second-order valence-corrected chi connectivity index (χ2v) is 8.09. The van der Waals surface area contributed by atoms with Crippen LogP contribution in [0.15, 0.2) is 56.8 Å². The first-order chi connectivity index (χ1) is 13.1. The van der Waals surface area contributed by atoms with Gasteiger partial charge in [0.15, 0.2) is 5.16 Å². The highest BCUT2D eigenvalue weighted by atomic mass is 32.2. The van der Waals surface area contributed by atoms with Crippen LogP contribution in [0.4, 0.5) is 0 Å². The van der Waals surface area contributed by atoms with Crippen molar-refractivity contribution in [2.24, 2.45) is 0 Å². The lowest BCUT2D eigenvalue weighted by molar-refractivity contribution is 0.468. The number of phenolic OH excluding ortho intramolecular Hbond substituents is 1. The van der Waals surface area contributed by atoms with Crippen molar-refractivity contribution in [3.8, 4) is 5.75 Å². The summed E-state index contributed by atoms with van der Waals surface area (Å²) in [5.74, 6) is 0.649. The number of hydrogen-bond donors (Lipinski definition) is 1. The zero-order chi connectivity index (χ0) is 18.5. The number of aromatic hydroxyl groups is 1. The second-order valence-electron chi connectivity index (χ2n) is 6.14. The maximum Gasteiger partial charge on any atom is 0.336 e. The van der Waals surface area contributed by atoms with Gasteiger partial charge < -0.3 is 9.52 Å². The highest BCUT2D eigenvalue weighted by Gasteiger charge is 2.15. The summed E-state index contributed by atoms with van der Waals surface area (Å²) in [4.78, 5) is 12.8. The molecule has 3 heterocycles. The third-order valence-electron chi connectivity index (χ3n) is 4.49. The number of aryl methyl sites for hydroxylation is 1. The van der Waals surface area contributed by atoms with Crippen molar-refractivity contribution in [3.63, 3.8) is 0 Å². The molecule has 27 heavy (non-hydrogen) atoms. The van der Waals surface area contributed by atoms with Crippen LogP contribution in [0.2, 0.25) is 0 Å². The third kappa shape index (κ3) is 2.60. The van der Waals surface area contributed by atoms with E-state index in [0.29, 0.717) is 16.9 Å². The third-order valence-corrected chi connectivity index (χ3v) is 6.48. The van der Waals surface area contributed by atoms with Crippen molar-refractivity contribution in [2.75, 3.05) is 0 Å². The van der Waals surface area contributed by atoms with E-state index in [1.807, 2.05) is 22.6 Å². The fraction of sp³-hybridized carbons (Fsp3) is 0.105. The fourth-order valence-electron chi connectivity index (χ4n) is 3.13. The molecule has 0 saturated carbocycles. The Bertz CT molecular complexity index is 1380. The van der Waals surface area contributed by atoms with E-state index in [-0.39, 0.29) is 5.75 Å². The van der Waals surface area contributed by atoms with E-state index in [4.69, 9.17) is 4.42 Å². The van der Waals surface area contributed by atoms with E-state index >= 15 is 0 Å². The molecule has 0 fully saturated rings. The maximum atomic E-state index is 12.0. The molecule has 5 rings (SSSR count). The first-order valence-electron chi connectivity index (χ1n) is 8.22. The van der Waals surface area contributed by atoms with Gasteiger partial charge in [-0.25, -0.2) is 4.79 Å². The Hall–Kier alpha value is -2.84. The Morgan fingerprint density at radius 1 is 1.22 bits per heavy atom. The minimum atomic E-state index is -0.431. The first-order valence-corrected chi connectivity index (χ1v) is 10.0. The van der Waals surface area contributed by atoms with Crippen molar-refractivity contribution < 1.29 is 9.52 Å². The SMILES string of the molecule is Cc1c(O)ccc2c(CSc3nnc4sc5ccccc5n34)cc(=O)oc12. The highest BCUT2D eigenvalue weighted by Crippen LogP contribution is 2.33. The number of rotatable bonds is 3. The largest absolute Gasteiger partial charge is 0.508 e. The molecule has 3 aromatic heterocycles. The summed E-state index contributed by atoms with van der Waals surface area (Å²) in [5.41, 5.74) is 2.46. The molecular weight excluding hydrogens is 382 g/mol. The molecule has 2 aromatic carbocycles. The summed E-state index contributed by atoms with van der Waals surface area (Å²) in [6, 6.07) is 13.0. The van der Waals surface area contributed by atoms with E-state index in [1.54, 1.807) is 30.4 Å². The van der Waals surface area contributed by atoms with Gasteiger partial charge in [0.2, 0.25) is 4.96 Å². The Labute approximate surface area is 161 Å². The van der Waals surface area contributed by atoms with Gasteiger partial charge in [-0.3, -0.25) is 4.40 Å². The lowest BCUT2D eigenvalue weighted by Crippen LogP contribution is -2.01. The van der Waals surface area contributed by atoms with Crippen molar-refractivity contribution in [1.82, 2.24) is 14.6 Å². The second kappa shape index (κ2) is 6.11. The summed E-state index contributed by atoms with van der Waals surface area (Å²) in [6.45, 7) is 1.73. The number of aromatic nitrogens is 3. The predicted molar refractivity (Wildman–Crippen MR) is 107 cm³/mol. The van der Waals surface area contributed by atoms with Gasteiger partial charge in [0.1, 0.15) is 11.3 Å². The lowest BCUT2D eigenvalue weighted by Gasteiger charge is -2.07. The van der Waals surface area contributed by atoms with Gasteiger partial charge in [0.05, 0.1) is 10.2 Å². The smallest absolute Gasteiger partial charge is 0.336 e. The predicted octanol–water partition coefficient (Wildman–Crippen LogP) is 4.36. The summed E-state index contributed by atoms with van der Waals surface area (Å²) in [7, 11) is 0. The van der Waals surface area contributed by atoms with Crippen LogP contribution in [0, 0.1) is 6.92 Å². The number of phenols is 1.